The summed E-state index contributed by atoms with van der Waals surface area (Å²) in [6.07, 6.45) is 18.7. The molecule has 2 atom stereocenters. The lowest BCUT2D eigenvalue weighted by Gasteiger charge is -2.32. The molecule has 7 aliphatic heterocycles. The van der Waals surface area contributed by atoms with E-state index in [0.29, 0.717) is 116 Å². The lowest BCUT2D eigenvalue weighted by atomic mass is 9.79. The Kier molecular flexibility index (Phi) is 28.4. The highest BCUT2D eigenvalue weighted by Crippen LogP contribution is 2.54. The van der Waals surface area contributed by atoms with Crippen LogP contribution in [0.2, 0.25) is 0 Å². The van der Waals surface area contributed by atoms with E-state index in [1.165, 1.54) is 39.7 Å². The summed E-state index contributed by atoms with van der Waals surface area (Å²) in [5, 5.41) is 16.9. The number of nitrogens with one attached hydrogen (secondary N) is 5. The summed E-state index contributed by atoms with van der Waals surface area (Å²) >= 11 is 0. The lowest BCUT2D eigenvalue weighted by Crippen LogP contribution is -2.57. The van der Waals surface area contributed by atoms with Crippen molar-refractivity contribution in [2.75, 3.05) is 101 Å². The molecule has 9 aliphatic rings. The second kappa shape index (κ2) is 40.0. The number of urea groups is 1. The quantitative estimate of drug-likeness (QED) is 0.00657. The smallest absolute Gasteiger partial charge is 0.318 e. The van der Waals surface area contributed by atoms with Crippen LogP contribution >= 0.6 is 0 Å². The molecule has 139 heavy (non-hydrogen) atoms. The zero-order valence-electron chi connectivity index (χ0n) is 78.5. The first kappa shape index (κ1) is 98.8. The van der Waals surface area contributed by atoms with E-state index in [-0.39, 0.29) is 107 Å². The van der Waals surface area contributed by atoms with Gasteiger partial charge in [0, 0.05) is 186 Å². The maximum Gasteiger partial charge on any atom is 0.318 e. The van der Waals surface area contributed by atoms with Gasteiger partial charge in [0.05, 0.1) is 39.4 Å². The van der Waals surface area contributed by atoms with Crippen molar-refractivity contribution in [1.82, 2.24) is 40.4 Å². The number of sulfonamides is 1. The van der Waals surface area contributed by atoms with E-state index in [1.54, 1.807) is 47.4 Å². The van der Waals surface area contributed by atoms with Crippen LogP contribution in [0.5, 0.6) is 0 Å². The molecule has 0 radical (unpaired) electrons. The summed E-state index contributed by atoms with van der Waals surface area (Å²) in [6, 6.07) is 44.0. The average Bonchev–Trinajstić information content (AvgIpc) is 1.54. The largest absolute Gasteiger partial charge is 0.456 e. The van der Waals surface area contributed by atoms with Crippen molar-refractivity contribution in [3.63, 3.8) is 0 Å². The number of fused-ring (bicyclic) bond motifs is 10. The molecule has 31 nitrogen and oxygen atoms in total. The number of piperidine rings is 1. The van der Waals surface area contributed by atoms with E-state index < -0.39 is 112 Å². The number of carbonyl (C=O) groups is 5. The van der Waals surface area contributed by atoms with Gasteiger partial charge in [0.2, 0.25) is 50.4 Å². The number of anilines is 3. The Bertz CT molecular complexity index is 7400. The molecule has 36 heteroatoms. The third-order valence-corrected chi connectivity index (χ3v) is 34.1. The summed E-state index contributed by atoms with van der Waals surface area (Å²) in [7, 11) is -23.2. The van der Waals surface area contributed by atoms with E-state index in [4.69, 9.17) is 9.15 Å². The number of sulfone groups is 1. The van der Waals surface area contributed by atoms with E-state index in [2.05, 4.69) is 84.6 Å². The minimum atomic E-state index is -4.98. The lowest BCUT2D eigenvalue weighted by molar-refractivity contribution is -0.433. The van der Waals surface area contributed by atoms with Crippen LogP contribution in [0.1, 0.15) is 140 Å². The molecule has 1 saturated carbocycles. The summed E-state index contributed by atoms with van der Waals surface area (Å²) in [5.74, 6) is -1.75. The zero-order chi connectivity index (χ0) is 98.4. The van der Waals surface area contributed by atoms with Crippen LogP contribution in [0, 0.1) is 11.8 Å². The first-order valence-electron chi connectivity index (χ1n) is 47.5. The Labute approximate surface area is 810 Å². The number of amides is 6. The topological polar surface area (TPSA) is 418 Å². The summed E-state index contributed by atoms with van der Waals surface area (Å²) in [4.78, 5) is 75.1. The number of unbranched alkanes of at least 4 members (excludes halogenated alkanes) is 2. The maximum atomic E-state index is 15.4. The van der Waals surface area contributed by atoms with Gasteiger partial charge in [0.15, 0.2) is 22.1 Å². The van der Waals surface area contributed by atoms with Crippen molar-refractivity contribution in [3.05, 3.63) is 221 Å². The van der Waals surface area contributed by atoms with Gasteiger partial charge in [-0.15, -0.1) is 0 Å². The first-order chi connectivity index (χ1) is 66.3. The van der Waals surface area contributed by atoms with Crippen molar-refractivity contribution < 1.29 is 93.4 Å². The van der Waals surface area contributed by atoms with E-state index in [9.17, 15) is 71.3 Å². The number of carbonyl (C=O) groups excluding carboxylic acids is 5. The number of morpholine rings is 1. The van der Waals surface area contributed by atoms with E-state index in [1.807, 2.05) is 105 Å². The molecule has 2 saturated heterocycles. The van der Waals surface area contributed by atoms with Crippen molar-refractivity contribution in [2.45, 2.75) is 178 Å². The predicted octanol–water partition coefficient (Wildman–Crippen LogP) is 13.5. The first-order valence-corrected chi connectivity index (χ1v) is 55.2. The van der Waals surface area contributed by atoms with Gasteiger partial charge in [-0.3, -0.25) is 32.8 Å². The number of allylic oxidation sites excluding steroid dienone is 6. The molecule has 0 aromatic heterocycles. The minimum Gasteiger partial charge on any atom is -0.456 e. The fourth-order valence-electron chi connectivity index (χ4n) is 21.5. The highest BCUT2D eigenvalue weighted by molar-refractivity contribution is 7.91. The summed E-state index contributed by atoms with van der Waals surface area (Å²) in [6.45, 7) is 13.1. The fraction of sp³-hybridized carbons (Fsp3) is 0.388. The Morgan fingerprint density at radius 1 is 0.561 bits per heavy atom. The standard InChI is InChI=1S/C103H115N11O20S5/c1-7-111-85-40-38-75-80(63-73(137(124,125)126)65-91(75)139(130,131)132)96(85)102(2,3)92(111)31-13-9-14-32-93-103(4,5)97-79-62-72(135(6,120)121)64-90(138(127,128)129)74(79)39-41-86(97)114(93)50-22-10-15-33-94(115)104-48-49-106-99(117)81(107-100(118)82(59-66-23-11-8-12-24-66)108-101(119)109-55-57-133-58-56-109)42-47-105-98(116)69-43-51-110(52-44-69)136(122,123)89-30-21-18-27-78(89)95-76-36-34-70(112-53-45-67-25-16-19-28-83(67)112)60-87(76)134-88-61-71(35-37-77(88)95)113-54-46-68-26-17-20-29-84(68)113/h9,13-14,16-21,25-32,34-41,60-66,69,81-82H,7-8,10-12,15,22-24,33,42-59H2,1-6H3,(H6-2,104,105,106,107,108,115,116,117,118,119,124,125,126,127,128,129,130,131,132)/p+2/t81-,82-/m0/s1. The number of para-hydroxylation sites is 2. The molecule has 7 heterocycles. The molecule has 3 fully saturated rings. The van der Waals surface area contributed by atoms with Crippen molar-refractivity contribution in [3.8, 4) is 22.5 Å². The normalized spacial score (nSPS) is 18.3. The van der Waals surface area contributed by atoms with Crippen LogP contribution in [0.3, 0.4) is 0 Å². The van der Waals surface area contributed by atoms with Crippen molar-refractivity contribution >= 4 is 147 Å². The number of benzene rings is 9. The molecule has 0 unspecified atom stereocenters. The molecule has 8 aromatic rings. The number of hydrogen-bond acceptors (Lipinski definition) is 19. The Hall–Kier alpha value is -11.8. The molecule has 2 aliphatic carbocycles. The second-order valence-corrected chi connectivity index (χ2v) is 46.1. The van der Waals surface area contributed by atoms with Crippen LogP contribution < -0.4 is 46.3 Å². The summed E-state index contributed by atoms with van der Waals surface area (Å²) < 4.78 is 183. The van der Waals surface area contributed by atoms with Crippen LogP contribution in [0.25, 0.3) is 55.0 Å². The Balaban J connectivity index is 0.558. The van der Waals surface area contributed by atoms with Crippen LogP contribution in [0.4, 0.5) is 33.2 Å². The third kappa shape index (κ3) is 20.5. The van der Waals surface area contributed by atoms with Crippen LogP contribution in [-0.4, -0.2) is 208 Å². The predicted molar refractivity (Wildman–Crippen MR) is 532 cm³/mol. The Morgan fingerprint density at radius 2 is 1.24 bits per heavy atom. The third-order valence-electron chi connectivity index (χ3n) is 28.4. The maximum absolute atomic E-state index is 15.4. The van der Waals surface area contributed by atoms with Crippen LogP contribution in [-0.2, 0) is 97.8 Å². The number of hydrogen-bond donors (Lipinski definition) is 8. The molecule has 8 aromatic carbocycles. The summed E-state index contributed by atoms with van der Waals surface area (Å²) in [5.41, 5.74) is 10.2. The van der Waals surface area contributed by atoms with Gasteiger partial charge < -0.3 is 50.4 Å². The fourth-order valence-corrected chi connectivity index (χ4v) is 25.9. The molecule has 732 valence electrons. The minimum absolute atomic E-state index is 0.00553. The molecular formula is C103H117N11O20S5+2. The zero-order valence-corrected chi connectivity index (χ0v) is 82.6. The molecule has 6 amide bonds. The van der Waals surface area contributed by atoms with Gasteiger partial charge in [-0.2, -0.15) is 38.7 Å². The average molecular weight is 1990 g/mol. The molecule has 8 N–H and O–H groups in total. The highest BCUT2D eigenvalue weighted by Gasteiger charge is 2.48. The van der Waals surface area contributed by atoms with Gasteiger partial charge >= 0.3 is 6.03 Å². The van der Waals surface area contributed by atoms with Gasteiger partial charge in [-0.1, -0.05) is 131 Å². The Morgan fingerprint density at radius 3 is 1.96 bits per heavy atom. The molecule has 0 spiro atoms. The van der Waals surface area contributed by atoms with Crippen LogP contribution in [0.15, 0.2) is 223 Å². The van der Waals surface area contributed by atoms with Crippen molar-refractivity contribution in [2.24, 2.45) is 11.8 Å². The molecule has 17 rings (SSSR count). The number of nitrogens with zero attached hydrogens (tertiary/aromatic N) is 6. The van der Waals surface area contributed by atoms with E-state index in [0.717, 1.165) is 115 Å². The van der Waals surface area contributed by atoms with Crippen molar-refractivity contribution in [1.29, 1.82) is 0 Å². The van der Waals surface area contributed by atoms with Gasteiger partial charge in [-0.25, -0.2) is 21.6 Å². The van der Waals surface area contributed by atoms with E-state index >= 15 is 8.42 Å². The number of ether oxygens (including phenoxy) is 1. The monoisotopic (exact) mass is 1990 g/mol. The van der Waals surface area contributed by atoms with Gasteiger partial charge in [0.1, 0.15) is 39.8 Å². The highest BCUT2D eigenvalue weighted by atomic mass is 32.2. The molecular weight excluding hydrogens is 1870 g/mol. The van der Waals surface area contributed by atoms with Gasteiger partial charge in [0.25, 0.3) is 30.4 Å². The number of rotatable bonds is 31. The molecule has 0 bridgehead atoms. The SMILES string of the molecule is CC[N+]1=C(/C=C/C=C/C=C2\N(CCCCCC(=O)NCCNC(=O)[C@H](CCNC(=O)C3CCN(S(=O)(=O)c4ccccc4-c4c5cc/c(=[N+]6/CCc7ccccc76)cc-5oc5cc(N6CCc7ccccc76)ccc45)CC3)NC(=O)[C@H](CC3CCCCC3)NC(=O)N3CCOCC3)c3ccc4c(S(=O)(=O)O)cc(S(C)(=O)=O)cc4c3C2(C)C)C(C)(C)c2c1ccc1c(S(=O)(=O)O)cc(S(=O)(=O)O)cc21. The second-order valence-electron chi connectivity index (χ2n) is 38.0. The van der Waals surface area contributed by atoms with Gasteiger partial charge in [-0.05, 0) is 166 Å².